The Hall–Kier alpha value is -4.51. The molecule has 3 aliphatic heterocycles. The van der Waals surface area contributed by atoms with Crippen molar-refractivity contribution in [2.75, 3.05) is 5.75 Å². The molecule has 0 saturated carbocycles. The largest absolute Gasteiger partial charge is 0.507 e. The van der Waals surface area contributed by atoms with Crippen LogP contribution in [0.4, 0.5) is 4.79 Å². The van der Waals surface area contributed by atoms with Crippen LogP contribution < -0.4 is 21.4 Å². The van der Waals surface area contributed by atoms with E-state index in [0.717, 1.165) is 18.6 Å². The zero-order chi connectivity index (χ0) is 29.4. The van der Waals surface area contributed by atoms with Gasteiger partial charge < -0.3 is 30.6 Å². The summed E-state index contributed by atoms with van der Waals surface area (Å²) in [5.41, 5.74) is 1.92. The average molecular weight is 588 g/mol. The number of rotatable bonds is 9. The number of carbonyl (C=O) groups is 3. The number of amides is 3. The SMILES string of the molecule is O=C(CCCCC1SCC2NC(=O)NC21)NCc1c(O)ccc2c(-c3ccccc3C(=O)O)c3ccc(=O)cc-3oc12. The maximum atomic E-state index is 12.7. The highest BCUT2D eigenvalue weighted by atomic mass is 32.2. The highest BCUT2D eigenvalue weighted by Crippen LogP contribution is 2.43. The molecule has 2 aromatic rings. The van der Waals surface area contributed by atoms with Crippen LogP contribution in [0.25, 0.3) is 33.4 Å². The number of thioether (sulfide) groups is 1. The lowest BCUT2D eigenvalue weighted by Crippen LogP contribution is -2.36. The van der Waals surface area contributed by atoms with Gasteiger partial charge in [0.05, 0.1) is 29.8 Å². The number of aromatic hydroxyl groups is 1. The van der Waals surface area contributed by atoms with E-state index in [1.54, 1.807) is 30.3 Å². The maximum Gasteiger partial charge on any atom is 0.336 e. The molecule has 4 aliphatic rings. The Kier molecular flexibility index (Phi) is 7.51. The molecule has 0 aromatic heterocycles. The first-order valence-electron chi connectivity index (χ1n) is 13.8. The summed E-state index contributed by atoms with van der Waals surface area (Å²) >= 11 is 1.84. The Morgan fingerprint density at radius 1 is 1.02 bits per heavy atom. The lowest BCUT2D eigenvalue weighted by molar-refractivity contribution is -0.121. The number of hydrogen-bond acceptors (Lipinski definition) is 7. The van der Waals surface area contributed by atoms with Gasteiger partial charge in [0.1, 0.15) is 17.1 Å². The van der Waals surface area contributed by atoms with Gasteiger partial charge in [0.15, 0.2) is 5.43 Å². The van der Waals surface area contributed by atoms with Gasteiger partial charge >= 0.3 is 12.0 Å². The van der Waals surface area contributed by atoms with Crippen LogP contribution in [0.15, 0.2) is 63.8 Å². The molecule has 2 saturated heterocycles. The molecule has 0 bridgehead atoms. The number of carboxylic acids is 1. The third kappa shape index (κ3) is 5.27. The molecular formula is C31H29N3O7S. The first-order valence-corrected chi connectivity index (χ1v) is 14.8. The first-order chi connectivity index (χ1) is 20.3. The third-order valence-corrected chi connectivity index (χ3v) is 9.42. The van der Waals surface area contributed by atoms with E-state index in [4.69, 9.17) is 4.42 Å². The highest BCUT2D eigenvalue weighted by molar-refractivity contribution is 8.00. The third-order valence-electron chi connectivity index (χ3n) is 7.91. The van der Waals surface area contributed by atoms with Crippen molar-refractivity contribution in [3.8, 4) is 28.2 Å². The fourth-order valence-corrected chi connectivity index (χ4v) is 7.42. The molecule has 5 N–H and O–H groups in total. The molecule has 11 heteroatoms. The molecule has 2 aromatic carbocycles. The van der Waals surface area contributed by atoms with Gasteiger partial charge in [-0.1, -0.05) is 24.6 Å². The lowest BCUT2D eigenvalue weighted by atomic mass is 9.90. The molecule has 3 amide bonds. The quantitative estimate of drug-likeness (QED) is 0.110. The summed E-state index contributed by atoms with van der Waals surface area (Å²) in [6.07, 6.45) is 2.73. The van der Waals surface area contributed by atoms with E-state index in [0.29, 0.717) is 45.7 Å². The molecule has 1 aliphatic carbocycles. The Bertz CT molecular complexity index is 1740. The minimum atomic E-state index is -1.10. The van der Waals surface area contributed by atoms with Crippen LogP contribution in [0.2, 0.25) is 0 Å². The monoisotopic (exact) mass is 587 g/mol. The van der Waals surface area contributed by atoms with Crippen molar-refractivity contribution in [1.82, 2.24) is 16.0 Å². The summed E-state index contributed by atoms with van der Waals surface area (Å²) in [4.78, 5) is 48.6. The van der Waals surface area contributed by atoms with Crippen molar-refractivity contribution in [2.45, 2.75) is 49.6 Å². The number of benzene rings is 3. The first kappa shape index (κ1) is 27.6. The summed E-state index contributed by atoms with van der Waals surface area (Å²) in [7, 11) is 0. The zero-order valence-electron chi connectivity index (χ0n) is 22.5. The Balaban J connectivity index is 1.23. The van der Waals surface area contributed by atoms with Crippen molar-refractivity contribution in [1.29, 1.82) is 0 Å². The standard InChI is InChI=1S/C31H29N3O7S/c35-16-9-10-19-24(13-16)41-29-20(27(19)17-5-1-2-6-18(17)30(38)39)11-12-23(36)21(29)14-32-26(37)8-4-3-7-25-28-22(15-42-25)33-31(40)34-28/h1-2,5-6,9-13,22,25,28,36H,3-4,7-8,14-15H2,(H,32,37)(H,38,39)(H2,33,34,40). The predicted octanol–water partition coefficient (Wildman–Crippen LogP) is 4.31. The summed E-state index contributed by atoms with van der Waals surface area (Å²) in [6, 6.07) is 14.2. The second-order valence-corrected chi connectivity index (χ2v) is 11.8. The number of hydrogen-bond donors (Lipinski definition) is 5. The number of carboxylic acid groups (broad SMARTS) is 1. The Labute approximate surface area is 244 Å². The van der Waals surface area contributed by atoms with Crippen LogP contribution in [0, 0.1) is 0 Å². The average Bonchev–Trinajstić information content (AvgIpc) is 3.52. The summed E-state index contributed by atoms with van der Waals surface area (Å²) in [5.74, 6) is -0.247. The number of aromatic carboxylic acids is 1. The number of phenolic OH excluding ortho intramolecular Hbond substituents is 1. The van der Waals surface area contributed by atoms with E-state index in [-0.39, 0.29) is 58.7 Å². The van der Waals surface area contributed by atoms with Gasteiger partial charge in [-0.3, -0.25) is 9.59 Å². The molecule has 42 heavy (non-hydrogen) atoms. The number of nitrogens with one attached hydrogen (secondary N) is 3. The van der Waals surface area contributed by atoms with Gasteiger partial charge in [0, 0.05) is 40.0 Å². The minimum Gasteiger partial charge on any atom is -0.507 e. The second-order valence-electron chi connectivity index (χ2n) is 10.6. The minimum absolute atomic E-state index is 0.0198. The van der Waals surface area contributed by atoms with Crippen molar-refractivity contribution in [3.05, 3.63) is 75.9 Å². The van der Waals surface area contributed by atoms with Crippen molar-refractivity contribution < 1.29 is 29.0 Å². The molecule has 2 fully saturated rings. The second kappa shape index (κ2) is 11.4. The number of carbonyl (C=O) groups excluding carboxylic acids is 2. The Morgan fingerprint density at radius 3 is 2.69 bits per heavy atom. The number of urea groups is 1. The molecule has 0 radical (unpaired) electrons. The highest BCUT2D eigenvalue weighted by Gasteiger charge is 2.42. The molecule has 10 nitrogen and oxygen atoms in total. The molecular weight excluding hydrogens is 558 g/mol. The zero-order valence-corrected chi connectivity index (χ0v) is 23.3. The lowest BCUT2D eigenvalue weighted by Gasteiger charge is -2.19. The summed E-state index contributed by atoms with van der Waals surface area (Å²) < 4.78 is 6.14. The molecule has 6 rings (SSSR count). The molecule has 0 spiro atoms. The van der Waals surface area contributed by atoms with Gasteiger partial charge in [-0.2, -0.15) is 11.8 Å². The van der Waals surface area contributed by atoms with Crippen LogP contribution >= 0.6 is 11.8 Å². The Morgan fingerprint density at radius 2 is 1.86 bits per heavy atom. The van der Waals surface area contributed by atoms with Crippen molar-refractivity contribution in [3.63, 3.8) is 0 Å². The topological polar surface area (TPSA) is 158 Å². The van der Waals surface area contributed by atoms with E-state index >= 15 is 0 Å². The van der Waals surface area contributed by atoms with Gasteiger partial charge in [0.2, 0.25) is 5.91 Å². The normalized spacial score (nSPS) is 19.4. The summed E-state index contributed by atoms with van der Waals surface area (Å²) in [6.45, 7) is -0.0198. The van der Waals surface area contributed by atoms with Crippen LogP contribution in [0.3, 0.4) is 0 Å². The number of unbranched alkanes of at least 4 members (excludes halogenated alkanes) is 1. The molecule has 3 atom stereocenters. The number of fused-ring (bicyclic) bond motifs is 3. The fraction of sp³-hybridized carbons (Fsp3) is 0.290. The smallest absolute Gasteiger partial charge is 0.336 e. The van der Waals surface area contributed by atoms with Gasteiger partial charge in [0.25, 0.3) is 0 Å². The van der Waals surface area contributed by atoms with E-state index in [1.165, 1.54) is 24.3 Å². The molecule has 3 unspecified atom stereocenters. The molecule has 3 heterocycles. The summed E-state index contributed by atoms with van der Waals surface area (Å²) in [5, 5.41) is 30.3. The number of phenols is 1. The van der Waals surface area contributed by atoms with Crippen LogP contribution in [0.1, 0.15) is 41.6 Å². The van der Waals surface area contributed by atoms with Gasteiger partial charge in [-0.15, -0.1) is 0 Å². The van der Waals surface area contributed by atoms with E-state index in [9.17, 15) is 29.4 Å². The molecule has 216 valence electrons. The van der Waals surface area contributed by atoms with Crippen LogP contribution in [0.5, 0.6) is 5.75 Å². The fourth-order valence-electron chi connectivity index (χ4n) is 5.88. The van der Waals surface area contributed by atoms with Gasteiger partial charge in [-0.05, 0) is 48.7 Å². The predicted molar refractivity (Wildman–Crippen MR) is 159 cm³/mol. The van der Waals surface area contributed by atoms with Crippen LogP contribution in [-0.4, -0.2) is 51.2 Å². The maximum absolute atomic E-state index is 12.7. The van der Waals surface area contributed by atoms with E-state index < -0.39 is 5.97 Å². The van der Waals surface area contributed by atoms with Gasteiger partial charge in [-0.25, -0.2) is 9.59 Å². The van der Waals surface area contributed by atoms with E-state index in [1.807, 2.05) is 11.8 Å². The van der Waals surface area contributed by atoms with Crippen LogP contribution in [-0.2, 0) is 11.3 Å². The van der Waals surface area contributed by atoms with Crippen molar-refractivity contribution >= 4 is 40.6 Å². The van der Waals surface area contributed by atoms with E-state index in [2.05, 4.69) is 16.0 Å². The van der Waals surface area contributed by atoms with Crippen molar-refractivity contribution in [2.24, 2.45) is 0 Å².